The monoisotopic (exact) mass is 682 g/mol. The highest BCUT2D eigenvalue weighted by Crippen LogP contribution is 2.35. The molecule has 266 valence electrons. The molecule has 2 bridgehead atoms. The zero-order valence-electron chi connectivity index (χ0n) is 28.7. The Labute approximate surface area is 280 Å². The Bertz CT molecular complexity index is 1280. The molecule has 14 heteroatoms. The van der Waals surface area contributed by atoms with E-state index >= 15 is 0 Å². The zero-order valence-corrected chi connectivity index (χ0v) is 29.5. The quantitative estimate of drug-likeness (QED) is 0.280. The molecule has 4 rings (SSSR count). The first-order valence-corrected chi connectivity index (χ1v) is 18.1. The molecule has 0 saturated carbocycles. The van der Waals surface area contributed by atoms with Gasteiger partial charge in [-0.3, -0.25) is 14.4 Å². The van der Waals surface area contributed by atoms with Crippen molar-refractivity contribution in [1.82, 2.24) is 19.2 Å². The largest absolute Gasteiger partial charge is 0.493 e. The molecule has 3 aliphatic rings. The molecule has 0 spiro atoms. The van der Waals surface area contributed by atoms with Crippen LogP contribution >= 0.6 is 0 Å². The van der Waals surface area contributed by atoms with Gasteiger partial charge in [0.25, 0.3) is 16.1 Å². The molecule has 3 heterocycles. The molecular formula is C33H54N4O9S. The number of amides is 2. The van der Waals surface area contributed by atoms with E-state index in [-0.39, 0.29) is 64.6 Å². The Hall–Kier alpha value is -2.94. The standard InChI is InChI=1S/C33H54N4O9S/c1-6-45-32(40)33(14-11-25(2)3)21-27-9-10-28(29(20-27)44-5)46-23-31(39)34-15-19-36(16-7-8-30(38)35-24-33)47(41,42)37-17-12-26(13-18-37)22-43-4/h9-10,20,25-26H,6-8,11-19,21-24H2,1-5H3,(H,34,39)(H,35,38). The van der Waals surface area contributed by atoms with Crippen molar-refractivity contribution >= 4 is 28.0 Å². The Morgan fingerprint density at radius 2 is 1.79 bits per heavy atom. The summed E-state index contributed by atoms with van der Waals surface area (Å²) in [5.41, 5.74) is -0.258. The smallest absolute Gasteiger partial charge is 0.314 e. The van der Waals surface area contributed by atoms with E-state index in [2.05, 4.69) is 24.5 Å². The van der Waals surface area contributed by atoms with Gasteiger partial charge in [-0.05, 0) is 75.0 Å². The lowest BCUT2D eigenvalue weighted by Gasteiger charge is -2.35. The first-order chi connectivity index (χ1) is 22.4. The molecule has 1 saturated heterocycles. The number of piperidine rings is 1. The molecule has 3 aliphatic heterocycles. The van der Waals surface area contributed by atoms with Crippen molar-refractivity contribution in [2.24, 2.45) is 17.3 Å². The fourth-order valence-corrected chi connectivity index (χ4v) is 7.68. The Morgan fingerprint density at radius 3 is 2.45 bits per heavy atom. The summed E-state index contributed by atoms with van der Waals surface area (Å²) in [5, 5.41) is 5.71. The third-order valence-corrected chi connectivity index (χ3v) is 10.8. The summed E-state index contributed by atoms with van der Waals surface area (Å²) in [5.74, 6) is 0.261. The minimum Gasteiger partial charge on any atom is -0.493 e. The minimum absolute atomic E-state index is 0.0346. The van der Waals surface area contributed by atoms with Crippen molar-refractivity contribution < 1.29 is 41.7 Å². The maximum atomic E-state index is 13.7. The van der Waals surface area contributed by atoms with Crippen LogP contribution in [-0.2, 0) is 40.5 Å². The number of rotatable bonds is 10. The maximum absolute atomic E-state index is 13.7. The first kappa shape index (κ1) is 38.5. The summed E-state index contributed by atoms with van der Waals surface area (Å²) >= 11 is 0. The lowest BCUT2D eigenvalue weighted by Crippen LogP contribution is -2.50. The van der Waals surface area contributed by atoms with Gasteiger partial charge in [-0.1, -0.05) is 19.9 Å². The highest BCUT2D eigenvalue weighted by molar-refractivity contribution is 7.86. The number of benzene rings is 1. The number of nitrogens with one attached hydrogen (secondary N) is 2. The Balaban J connectivity index is 1.88. The number of carbonyl (C=O) groups is 3. The average Bonchev–Trinajstić information content (AvgIpc) is 3.04. The molecule has 47 heavy (non-hydrogen) atoms. The van der Waals surface area contributed by atoms with E-state index in [4.69, 9.17) is 18.9 Å². The van der Waals surface area contributed by atoms with Gasteiger partial charge in [-0.15, -0.1) is 0 Å². The molecular weight excluding hydrogens is 628 g/mol. The van der Waals surface area contributed by atoms with E-state index < -0.39 is 27.5 Å². The van der Waals surface area contributed by atoms with Crippen LogP contribution in [0.25, 0.3) is 0 Å². The van der Waals surface area contributed by atoms with Crippen molar-refractivity contribution in [3.05, 3.63) is 23.8 Å². The van der Waals surface area contributed by atoms with Gasteiger partial charge >= 0.3 is 5.97 Å². The van der Waals surface area contributed by atoms with Crippen LogP contribution in [0.15, 0.2) is 18.2 Å². The fraction of sp³-hybridized carbons (Fsp3) is 0.727. The lowest BCUT2D eigenvalue weighted by atomic mass is 9.76. The summed E-state index contributed by atoms with van der Waals surface area (Å²) in [6, 6.07) is 5.28. The third kappa shape index (κ3) is 11.3. The number of nitrogens with zero attached hydrogens (tertiary/aromatic N) is 2. The molecule has 1 atom stereocenters. The predicted molar refractivity (Wildman–Crippen MR) is 177 cm³/mol. The lowest BCUT2D eigenvalue weighted by molar-refractivity contribution is -0.156. The molecule has 0 radical (unpaired) electrons. The van der Waals surface area contributed by atoms with Gasteiger partial charge < -0.3 is 29.6 Å². The topological polar surface area (TPSA) is 153 Å². The van der Waals surface area contributed by atoms with Crippen LogP contribution in [0.3, 0.4) is 0 Å². The summed E-state index contributed by atoms with van der Waals surface area (Å²) < 4.78 is 52.4. The van der Waals surface area contributed by atoms with Gasteiger partial charge in [0.2, 0.25) is 5.91 Å². The highest BCUT2D eigenvalue weighted by Gasteiger charge is 2.41. The normalized spacial score (nSPS) is 22.0. The van der Waals surface area contributed by atoms with E-state index in [1.54, 1.807) is 26.2 Å². The van der Waals surface area contributed by atoms with E-state index in [0.717, 1.165) is 12.0 Å². The van der Waals surface area contributed by atoms with Crippen LogP contribution in [0.2, 0.25) is 0 Å². The number of carbonyl (C=O) groups excluding carboxylic acids is 3. The van der Waals surface area contributed by atoms with Crippen LogP contribution < -0.4 is 20.1 Å². The SMILES string of the molecule is CCOC(=O)C1(CCC(C)C)CNC(=O)CCCN(S(=O)(=O)N2CCC(COC)CC2)CCNC(=O)COc2ccc(cc2OC)C1. The maximum Gasteiger partial charge on any atom is 0.314 e. The second-order valence-electron chi connectivity index (χ2n) is 12.8. The average molecular weight is 683 g/mol. The number of fused-ring (bicyclic) bond motifs is 16. The number of methoxy groups -OCH3 is 2. The summed E-state index contributed by atoms with van der Waals surface area (Å²) in [6.45, 7) is 7.41. The van der Waals surface area contributed by atoms with E-state index in [9.17, 15) is 22.8 Å². The molecule has 0 aliphatic carbocycles. The van der Waals surface area contributed by atoms with Gasteiger partial charge in [-0.25, -0.2) is 0 Å². The molecule has 1 unspecified atom stereocenters. The second-order valence-corrected chi connectivity index (χ2v) is 14.7. The van der Waals surface area contributed by atoms with Gasteiger partial charge in [0.15, 0.2) is 18.1 Å². The number of ether oxygens (including phenoxy) is 4. The Morgan fingerprint density at radius 1 is 1.06 bits per heavy atom. The van der Waals surface area contributed by atoms with Crippen molar-refractivity contribution in [1.29, 1.82) is 0 Å². The van der Waals surface area contributed by atoms with Gasteiger partial charge in [0, 0.05) is 59.4 Å². The van der Waals surface area contributed by atoms with Crippen LogP contribution in [0.1, 0.15) is 64.9 Å². The molecule has 0 aromatic heterocycles. The third-order valence-electron chi connectivity index (χ3n) is 8.79. The molecule has 1 fully saturated rings. The molecule has 13 nitrogen and oxygen atoms in total. The number of esters is 1. The fourth-order valence-electron chi connectivity index (χ4n) is 6.00. The van der Waals surface area contributed by atoms with Gasteiger partial charge in [-0.2, -0.15) is 17.0 Å². The summed E-state index contributed by atoms with van der Waals surface area (Å²) in [6.07, 6.45) is 3.21. The summed E-state index contributed by atoms with van der Waals surface area (Å²) in [7, 11) is -0.715. The van der Waals surface area contributed by atoms with Crippen molar-refractivity contribution in [3.8, 4) is 11.5 Å². The second kappa shape index (κ2) is 18.6. The highest BCUT2D eigenvalue weighted by atomic mass is 32.2. The van der Waals surface area contributed by atoms with Crippen molar-refractivity contribution in [2.75, 3.05) is 73.3 Å². The molecule has 2 amide bonds. The number of hydrogen-bond acceptors (Lipinski definition) is 9. The minimum atomic E-state index is -3.85. The summed E-state index contributed by atoms with van der Waals surface area (Å²) in [4.78, 5) is 39.5. The Kier molecular flexibility index (Phi) is 15.2. The van der Waals surface area contributed by atoms with Crippen LogP contribution in [0, 0.1) is 17.3 Å². The van der Waals surface area contributed by atoms with E-state index in [1.165, 1.54) is 15.7 Å². The predicted octanol–water partition coefficient (Wildman–Crippen LogP) is 2.53. The van der Waals surface area contributed by atoms with Crippen molar-refractivity contribution in [3.63, 3.8) is 0 Å². The van der Waals surface area contributed by atoms with Crippen LogP contribution in [0.4, 0.5) is 0 Å². The van der Waals surface area contributed by atoms with E-state index in [1.807, 2.05) is 6.07 Å². The number of hydrogen-bond donors (Lipinski definition) is 2. The van der Waals surface area contributed by atoms with Crippen LogP contribution in [-0.4, -0.2) is 108 Å². The molecule has 2 N–H and O–H groups in total. The molecule has 1 aromatic rings. The first-order valence-electron chi connectivity index (χ1n) is 16.7. The van der Waals surface area contributed by atoms with Gasteiger partial charge in [0.1, 0.15) is 0 Å². The van der Waals surface area contributed by atoms with Crippen molar-refractivity contribution in [2.45, 2.75) is 65.7 Å². The zero-order chi connectivity index (χ0) is 34.5. The van der Waals surface area contributed by atoms with Gasteiger partial charge in [0.05, 0.1) is 19.1 Å². The van der Waals surface area contributed by atoms with E-state index in [0.29, 0.717) is 62.3 Å². The molecule has 1 aromatic carbocycles. The van der Waals surface area contributed by atoms with Crippen LogP contribution in [0.5, 0.6) is 11.5 Å².